The molecule has 1 fully saturated rings. The van der Waals surface area contributed by atoms with E-state index in [0.29, 0.717) is 11.6 Å². The van der Waals surface area contributed by atoms with Crippen molar-refractivity contribution in [2.24, 2.45) is 0 Å². The fourth-order valence-corrected chi connectivity index (χ4v) is 4.13. The molecule has 1 N–H and O–H groups in total. The summed E-state index contributed by atoms with van der Waals surface area (Å²) in [7, 11) is 0. The average molecular weight is 392 g/mol. The van der Waals surface area contributed by atoms with Crippen molar-refractivity contribution in [3.05, 3.63) is 83.3 Å². The first-order valence-electron chi connectivity index (χ1n) is 9.57. The van der Waals surface area contributed by atoms with Crippen LogP contribution in [0.5, 0.6) is 0 Å². The Bertz CT molecular complexity index is 951. The Hall–Kier alpha value is -2.72. The molecule has 1 saturated carbocycles. The first-order chi connectivity index (χ1) is 13.7. The van der Waals surface area contributed by atoms with Crippen molar-refractivity contribution in [1.82, 2.24) is 15.3 Å². The molecule has 0 radical (unpaired) electrons. The summed E-state index contributed by atoms with van der Waals surface area (Å²) < 4.78 is 0. The van der Waals surface area contributed by atoms with Gasteiger partial charge in [0.2, 0.25) is 5.91 Å². The molecule has 0 bridgehead atoms. The van der Waals surface area contributed by atoms with Gasteiger partial charge in [-0.2, -0.15) is 0 Å². The van der Waals surface area contributed by atoms with E-state index in [9.17, 15) is 4.79 Å². The summed E-state index contributed by atoms with van der Waals surface area (Å²) in [6.45, 7) is 0.476. The molecule has 3 aromatic rings. The lowest BCUT2D eigenvalue weighted by Crippen LogP contribution is -2.42. The van der Waals surface area contributed by atoms with Crippen LogP contribution in [0.3, 0.4) is 0 Å². The molecule has 0 saturated heterocycles. The highest BCUT2D eigenvalue weighted by Crippen LogP contribution is 2.41. The first-order valence-corrected chi connectivity index (χ1v) is 9.95. The summed E-state index contributed by atoms with van der Waals surface area (Å²) in [4.78, 5) is 21.8. The number of amides is 1. The van der Waals surface area contributed by atoms with Crippen LogP contribution in [-0.4, -0.2) is 15.9 Å². The average Bonchev–Trinajstić information content (AvgIpc) is 3.25. The van der Waals surface area contributed by atoms with E-state index in [1.165, 1.54) is 0 Å². The van der Waals surface area contributed by atoms with Crippen molar-refractivity contribution in [3.8, 4) is 11.3 Å². The zero-order valence-corrected chi connectivity index (χ0v) is 16.3. The fraction of sp³-hybridized carbons (Fsp3) is 0.261. The largest absolute Gasteiger partial charge is 0.351 e. The highest BCUT2D eigenvalue weighted by Gasteiger charge is 2.42. The topological polar surface area (TPSA) is 54.9 Å². The van der Waals surface area contributed by atoms with Gasteiger partial charge in [-0.3, -0.25) is 14.8 Å². The molecule has 1 amide bonds. The summed E-state index contributed by atoms with van der Waals surface area (Å²) in [6, 6.07) is 15.5. The number of hydrogen-bond acceptors (Lipinski definition) is 3. The van der Waals surface area contributed by atoms with Crippen LogP contribution >= 0.6 is 11.6 Å². The number of benzene rings is 1. The zero-order valence-electron chi connectivity index (χ0n) is 15.6. The minimum atomic E-state index is -0.455. The van der Waals surface area contributed by atoms with Gasteiger partial charge in [0.05, 0.1) is 11.1 Å². The van der Waals surface area contributed by atoms with Crippen LogP contribution < -0.4 is 5.32 Å². The summed E-state index contributed by atoms with van der Waals surface area (Å²) >= 11 is 6.04. The van der Waals surface area contributed by atoms with Gasteiger partial charge in [0.15, 0.2) is 0 Å². The number of rotatable bonds is 5. The van der Waals surface area contributed by atoms with Gasteiger partial charge >= 0.3 is 0 Å². The standard InChI is InChI=1S/C23H22ClN3O/c24-20-7-5-19(6-8-20)23(10-1-2-11-23)22(28)27-15-17-9-13-26-21(14-17)18-4-3-12-25-16-18/h3-9,12-14,16H,1-2,10-11,15H2,(H,27,28). The molecule has 0 unspecified atom stereocenters. The molecule has 5 heteroatoms. The molecule has 0 spiro atoms. The van der Waals surface area contributed by atoms with E-state index in [2.05, 4.69) is 15.3 Å². The van der Waals surface area contributed by atoms with Crippen molar-refractivity contribution in [3.63, 3.8) is 0 Å². The maximum Gasteiger partial charge on any atom is 0.230 e. The molecule has 28 heavy (non-hydrogen) atoms. The van der Waals surface area contributed by atoms with Crippen LogP contribution in [0, 0.1) is 0 Å². The number of nitrogens with one attached hydrogen (secondary N) is 1. The van der Waals surface area contributed by atoms with Gasteiger partial charge in [0.25, 0.3) is 0 Å². The van der Waals surface area contributed by atoms with E-state index in [-0.39, 0.29) is 5.91 Å². The summed E-state index contributed by atoms with van der Waals surface area (Å²) in [5.74, 6) is 0.0899. The number of hydrogen-bond donors (Lipinski definition) is 1. The van der Waals surface area contributed by atoms with Gasteiger partial charge in [-0.15, -0.1) is 0 Å². The van der Waals surface area contributed by atoms with Crippen LogP contribution in [0.15, 0.2) is 67.1 Å². The number of carbonyl (C=O) groups is 1. The Kier molecular flexibility index (Phi) is 5.40. The van der Waals surface area contributed by atoms with E-state index in [4.69, 9.17) is 11.6 Å². The summed E-state index contributed by atoms with van der Waals surface area (Å²) in [5, 5.41) is 3.85. The third-order valence-electron chi connectivity index (χ3n) is 5.52. The molecule has 4 nitrogen and oxygen atoms in total. The quantitative estimate of drug-likeness (QED) is 0.671. The molecule has 0 atom stereocenters. The maximum atomic E-state index is 13.2. The molecule has 4 rings (SSSR count). The highest BCUT2D eigenvalue weighted by atomic mass is 35.5. The van der Waals surface area contributed by atoms with Gasteiger partial charge in [0.1, 0.15) is 0 Å². The molecule has 2 aromatic heterocycles. The predicted molar refractivity (Wildman–Crippen MR) is 111 cm³/mol. The molecule has 1 aromatic carbocycles. The molecule has 2 heterocycles. The highest BCUT2D eigenvalue weighted by molar-refractivity contribution is 6.30. The SMILES string of the molecule is O=C(NCc1ccnc(-c2cccnc2)c1)C1(c2ccc(Cl)cc2)CCCC1. The molecular formula is C23H22ClN3O. The first kappa shape index (κ1) is 18.6. The maximum absolute atomic E-state index is 13.2. The third-order valence-corrected chi connectivity index (χ3v) is 5.78. The van der Waals surface area contributed by atoms with E-state index < -0.39 is 5.41 Å². The lowest BCUT2D eigenvalue weighted by molar-refractivity contribution is -0.126. The number of halogens is 1. The Balaban J connectivity index is 1.51. The zero-order chi connectivity index (χ0) is 19.4. The number of carbonyl (C=O) groups excluding carboxylic acids is 1. The van der Waals surface area contributed by atoms with Crippen molar-refractivity contribution < 1.29 is 4.79 Å². The van der Waals surface area contributed by atoms with Crippen LogP contribution in [-0.2, 0) is 16.8 Å². The second-order valence-electron chi connectivity index (χ2n) is 7.27. The van der Waals surface area contributed by atoms with Gasteiger partial charge < -0.3 is 5.32 Å². The van der Waals surface area contributed by atoms with E-state index in [0.717, 1.165) is 48.1 Å². The molecular weight excluding hydrogens is 370 g/mol. The number of nitrogens with zero attached hydrogens (tertiary/aromatic N) is 2. The monoisotopic (exact) mass is 391 g/mol. The van der Waals surface area contributed by atoms with Crippen LogP contribution in [0.1, 0.15) is 36.8 Å². The minimum Gasteiger partial charge on any atom is -0.351 e. The normalized spacial score (nSPS) is 15.3. The minimum absolute atomic E-state index is 0.0899. The molecule has 0 aliphatic heterocycles. The van der Waals surface area contributed by atoms with Crippen molar-refractivity contribution in [2.45, 2.75) is 37.6 Å². The smallest absolute Gasteiger partial charge is 0.230 e. The van der Waals surface area contributed by atoms with E-state index in [1.54, 1.807) is 18.6 Å². The van der Waals surface area contributed by atoms with E-state index in [1.807, 2.05) is 48.5 Å². The molecule has 1 aliphatic rings. The van der Waals surface area contributed by atoms with E-state index >= 15 is 0 Å². The second kappa shape index (κ2) is 8.11. The lowest BCUT2D eigenvalue weighted by Gasteiger charge is -2.28. The summed E-state index contributed by atoms with van der Waals surface area (Å²) in [5.41, 5.74) is 3.44. The van der Waals surface area contributed by atoms with Gasteiger partial charge in [-0.05, 0) is 60.4 Å². The van der Waals surface area contributed by atoms with Crippen LogP contribution in [0.2, 0.25) is 5.02 Å². The predicted octanol–water partition coefficient (Wildman–Crippen LogP) is 4.93. The van der Waals surface area contributed by atoms with Crippen LogP contribution in [0.25, 0.3) is 11.3 Å². The van der Waals surface area contributed by atoms with Crippen LogP contribution in [0.4, 0.5) is 0 Å². The Labute approximate surface area is 170 Å². The Morgan fingerprint density at radius 2 is 1.86 bits per heavy atom. The third kappa shape index (κ3) is 3.78. The second-order valence-corrected chi connectivity index (χ2v) is 7.71. The number of pyridine rings is 2. The van der Waals surface area contributed by atoms with Gasteiger partial charge in [-0.1, -0.05) is 36.6 Å². The molecule has 142 valence electrons. The van der Waals surface area contributed by atoms with Crippen molar-refractivity contribution >= 4 is 17.5 Å². The Morgan fingerprint density at radius 3 is 2.57 bits per heavy atom. The van der Waals surface area contributed by atoms with Gasteiger partial charge in [0, 0.05) is 35.7 Å². The van der Waals surface area contributed by atoms with Gasteiger partial charge in [-0.25, -0.2) is 0 Å². The van der Waals surface area contributed by atoms with Crippen molar-refractivity contribution in [2.75, 3.05) is 0 Å². The molecule has 1 aliphatic carbocycles. The van der Waals surface area contributed by atoms with Crippen molar-refractivity contribution in [1.29, 1.82) is 0 Å². The lowest BCUT2D eigenvalue weighted by atomic mass is 9.78. The Morgan fingerprint density at radius 1 is 1.07 bits per heavy atom. The fourth-order valence-electron chi connectivity index (χ4n) is 4.00. The number of aromatic nitrogens is 2. The summed E-state index contributed by atoms with van der Waals surface area (Å²) in [6.07, 6.45) is 9.18.